The van der Waals surface area contributed by atoms with Crippen molar-refractivity contribution in [2.75, 3.05) is 21.7 Å². The normalized spacial score (nSPS) is 11.6. The number of allylic oxidation sites excluding steroid dienone is 1. The van der Waals surface area contributed by atoms with Crippen molar-refractivity contribution in [3.8, 4) is 6.07 Å². The second-order valence-electron chi connectivity index (χ2n) is 8.80. The zero-order valence-corrected chi connectivity index (χ0v) is 22.9. The maximum atomic E-state index is 12.8. The number of rotatable bonds is 9. The second kappa shape index (κ2) is 12.4. The van der Waals surface area contributed by atoms with Gasteiger partial charge in [-0.3, -0.25) is 9.59 Å². The number of hydrogen-bond donors (Lipinski definition) is 3. The number of thioether (sulfide) groups is 1. The molecule has 0 aliphatic carbocycles. The van der Waals surface area contributed by atoms with Crippen LogP contribution in [0.2, 0.25) is 0 Å². The van der Waals surface area contributed by atoms with Gasteiger partial charge in [0.05, 0.1) is 21.0 Å². The largest absolute Gasteiger partial charge is 0.349 e. The quantitative estimate of drug-likeness (QED) is 0.196. The van der Waals surface area contributed by atoms with Gasteiger partial charge in [0, 0.05) is 24.0 Å². The number of carbonyl (C=O) groups is 2. The first kappa shape index (κ1) is 26.9. The van der Waals surface area contributed by atoms with Gasteiger partial charge in [0.15, 0.2) is 0 Å². The highest BCUT2D eigenvalue weighted by Crippen LogP contribution is 2.33. The molecule has 0 aliphatic rings. The molecule has 0 unspecified atom stereocenters. The van der Waals surface area contributed by atoms with Gasteiger partial charge in [0.25, 0.3) is 0 Å². The number of aromatic nitrogens is 1. The summed E-state index contributed by atoms with van der Waals surface area (Å²) in [4.78, 5) is 28.7. The van der Waals surface area contributed by atoms with Crippen molar-refractivity contribution in [1.29, 1.82) is 5.26 Å². The van der Waals surface area contributed by atoms with E-state index in [1.807, 2.05) is 36.4 Å². The molecule has 38 heavy (non-hydrogen) atoms. The maximum absolute atomic E-state index is 12.8. The third-order valence-corrected chi connectivity index (χ3v) is 7.57. The van der Waals surface area contributed by atoms with Crippen molar-refractivity contribution in [2.45, 2.75) is 26.7 Å². The van der Waals surface area contributed by atoms with Gasteiger partial charge >= 0.3 is 0 Å². The minimum Gasteiger partial charge on any atom is -0.349 e. The highest BCUT2D eigenvalue weighted by molar-refractivity contribution is 8.04. The van der Waals surface area contributed by atoms with Crippen LogP contribution in [0.3, 0.4) is 0 Å². The average Bonchev–Trinajstić information content (AvgIpc) is 3.32. The average molecular weight is 542 g/mol. The highest BCUT2D eigenvalue weighted by atomic mass is 32.2. The first-order valence-corrected chi connectivity index (χ1v) is 13.8. The van der Waals surface area contributed by atoms with Crippen LogP contribution in [0.5, 0.6) is 0 Å². The summed E-state index contributed by atoms with van der Waals surface area (Å²) in [5.74, 6) is 0.0982. The van der Waals surface area contributed by atoms with Gasteiger partial charge in [-0.25, -0.2) is 4.98 Å². The predicted molar refractivity (Wildman–Crippen MR) is 158 cm³/mol. The number of nitrogens with one attached hydrogen (secondary N) is 3. The fourth-order valence-electron chi connectivity index (χ4n) is 3.60. The number of para-hydroxylation sites is 1. The minimum atomic E-state index is -0.224. The number of hydrogen-bond acceptors (Lipinski definition) is 7. The van der Waals surface area contributed by atoms with Crippen LogP contribution >= 0.6 is 23.1 Å². The molecule has 2 amide bonds. The Morgan fingerprint density at radius 2 is 1.53 bits per heavy atom. The zero-order valence-electron chi connectivity index (χ0n) is 21.2. The van der Waals surface area contributed by atoms with E-state index in [4.69, 9.17) is 0 Å². The van der Waals surface area contributed by atoms with Crippen molar-refractivity contribution in [1.82, 2.24) is 4.98 Å². The zero-order chi connectivity index (χ0) is 27.1. The Hall–Kier alpha value is -4.13. The van der Waals surface area contributed by atoms with Crippen LogP contribution in [0.4, 0.5) is 17.1 Å². The molecular formula is C29H27N5O2S2. The molecule has 9 heteroatoms. The second-order valence-corrected chi connectivity index (χ2v) is 10.8. The molecule has 3 aromatic carbocycles. The lowest BCUT2D eigenvalue weighted by Gasteiger charge is -2.14. The van der Waals surface area contributed by atoms with Crippen LogP contribution in [0, 0.1) is 11.3 Å². The molecule has 3 N–H and O–H groups in total. The van der Waals surface area contributed by atoms with Crippen LogP contribution < -0.4 is 16.0 Å². The smallest absolute Gasteiger partial charge is 0.234 e. The summed E-state index contributed by atoms with van der Waals surface area (Å²) < 4.78 is 0.987. The fourth-order valence-corrected chi connectivity index (χ4v) is 5.46. The molecule has 192 valence electrons. The predicted octanol–water partition coefficient (Wildman–Crippen LogP) is 7.05. The summed E-state index contributed by atoms with van der Waals surface area (Å²) in [6.45, 7) is 5.71. The molecule has 0 radical (unpaired) electrons. The number of thiazole rings is 1. The van der Waals surface area contributed by atoms with E-state index in [1.165, 1.54) is 35.6 Å². The van der Waals surface area contributed by atoms with Crippen molar-refractivity contribution in [2.24, 2.45) is 0 Å². The summed E-state index contributed by atoms with van der Waals surface area (Å²) >= 11 is 2.69. The van der Waals surface area contributed by atoms with Crippen LogP contribution in [0.25, 0.3) is 15.8 Å². The molecule has 1 heterocycles. The SMILES string of the molecule is CC(=O)Nc1ccc(NC(=O)CS/C(Nc2ccc(C(C)C)cc2)=C(\C#N)c2nc3ccccc3s2)cc1. The van der Waals surface area contributed by atoms with E-state index < -0.39 is 0 Å². The Morgan fingerprint density at radius 1 is 0.921 bits per heavy atom. The van der Waals surface area contributed by atoms with Gasteiger partial charge in [-0.2, -0.15) is 5.26 Å². The Balaban J connectivity index is 1.56. The van der Waals surface area contributed by atoms with Crippen molar-refractivity contribution in [3.63, 3.8) is 0 Å². The number of carbonyl (C=O) groups excluding carboxylic acids is 2. The maximum Gasteiger partial charge on any atom is 0.234 e. The van der Waals surface area contributed by atoms with E-state index in [1.54, 1.807) is 24.3 Å². The lowest BCUT2D eigenvalue weighted by molar-refractivity contribution is -0.114. The van der Waals surface area contributed by atoms with Gasteiger partial charge in [0.2, 0.25) is 11.8 Å². The summed E-state index contributed by atoms with van der Waals surface area (Å²) in [5.41, 5.74) is 4.50. The molecule has 4 aromatic rings. The molecule has 4 rings (SSSR count). The first-order valence-electron chi connectivity index (χ1n) is 12.0. The highest BCUT2D eigenvalue weighted by Gasteiger charge is 2.17. The van der Waals surface area contributed by atoms with Gasteiger partial charge in [-0.05, 0) is 60.0 Å². The lowest BCUT2D eigenvalue weighted by Crippen LogP contribution is -2.15. The van der Waals surface area contributed by atoms with Gasteiger partial charge in [-0.1, -0.05) is 49.9 Å². The van der Waals surface area contributed by atoms with Crippen molar-refractivity contribution < 1.29 is 9.59 Å². The molecular weight excluding hydrogens is 514 g/mol. The summed E-state index contributed by atoms with van der Waals surface area (Å²) in [6, 6.07) is 25.0. The van der Waals surface area contributed by atoms with E-state index in [0.29, 0.717) is 32.9 Å². The van der Waals surface area contributed by atoms with Gasteiger partial charge < -0.3 is 16.0 Å². The summed E-state index contributed by atoms with van der Waals surface area (Å²) in [5, 5.41) is 20.2. The van der Waals surface area contributed by atoms with Crippen molar-refractivity contribution in [3.05, 3.63) is 88.4 Å². The van der Waals surface area contributed by atoms with E-state index in [2.05, 4.69) is 53.0 Å². The summed E-state index contributed by atoms with van der Waals surface area (Å²) in [6.07, 6.45) is 0. The number of fused-ring (bicyclic) bond motifs is 1. The molecule has 1 aromatic heterocycles. The van der Waals surface area contributed by atoms with E-state index in [-0.39, 0.29) is 17.6 Å². The fraction of sp³-hybridized carbons (Fsp3) is 0.172. The lowest BCUT2D eigenvalue weighted by atomic mass is 10.0. The molecule has 7 nitrogen and oxygen atoms in total. The number of anilines is 3. The van der Waals surface area contributed by atoms with Crippen LogP contribution in [-0.2, 0) is 9.59 Å². The van der Waals surface area contributed by atoms with Crippen LogP contribution in [-0.4, -0.2) is 22.6 Å². The Labute approximate surface area is 230 Å². The molecule has 0 atom stereocenters. The Kier molecular flexibility index (Phi) is 8.79. The number of benzene rings is 3. The monoisotopic (exact) mass is 541 g/mol. The molecule has 0 bridgehead atoms. The van der Waals surface area contributed by atoms with E-state index >= 15 is 0 Å². The third-order valence-electron chi connectivity index (χ3n) is 5.52. The Bertz CT molecular complexity index is 1480. The van der Waals surface area contributed by atoms with Crippen LogP contribution in [0.1, 0.15) is 37.3 Å². The van der Waals surface area contributed by atoms with Crippen LogP contribution in [0.15, 0.2) is 77.8 Å². The van der Waals surface area contributed by atoms with E-state index in [0.717, 1.165) is 15.9 Å². The van der Waals surface area contributed by atoms with Crippen molar-refractivity contribution >= 4 is 67.8 Å². The van der Waals surface area contributed by atoms with Gasteiger partial charge in [0.1, 0.15) is 16.6 Å². The topological polar surface area (TPSA) is 107 Å². The molecule has 0 saturated carbocycles. The third kappa shape index (κ3) is 7.00. The Morgan fingerprint density at radius 3 is 2.13 bits per heavy atom. The molecule has 0 aliphatic heterocycles. The minimum absolute atomic E-state index is 0.0793. The molecule has 0 spiro atoms. The number of nitriles is 1. The standard InChI is InChI=1S/C29H27N5O2S2/c1-18(2)20-8-10-23(11-9-20)33-28(24(16-30)29-34-25-6-4-5-7-26(25)38-29)37-17-27(36)32-22-14-12-21(13-15-22)31-19(3)35/h4-15,18,33H,17H2,1-3H3,(H,31,35)(H,32,36)/b28-24+. The van der Waals surface area contributed by atoms with Gasteiger partial charge in [-0.15, -0.1) is 11.3 Å². The molecule has 0 fully saturated rings. The first-order chi connectivity index (χ1) is 18.3. The van der Waals surface area contributed by atoms with E-state index in [9.17, 15) is 14.9 Å². The summed E-state index contributed by atoms with van der Waals surface area (Å²) in [7, 11) is 0. The molecule has 0 saturated heterocycles. The number of nitrogens with zero attached hydrogens (tertiary/aromatic N) is 2. The number of amides is 2.